The molecule has 0 aliphatic carbocycles. The number of rotatable bonds is 0. The Morgan fingerprint density at radius 1 is 1.46 bits per heavy atom. The summed E-state index contributed by atoms with van der Waals surface area (Å²) in [5.74, 6) is 0. The Balaban J connectivity index is 2.97. The van der Waals surface area contributed by atoms with Crippen molar-refractivity contribution in [2.45, 2.75) is 0 Å². The molecule has 0 aliphatic rings. The summed E-state index contributed by atoms with van der Waals surface area (Å²) in [5.41, 5.74) is 7.63. The Morgan fingerprint density at radius 2 is 2.23 bits per heavy atom. The van der Waals surface area contributed by atoms with Gasteiger partial charge in [0.15, 0.2) is 0 Å². The normalized spacial score (nSPS) is 10.6. The predicted molar refractivity (Wildman–Crippen MR) is 66.6 cm³/mol. The van der Waals surface area contributed by atoms with E-state index in [2.05, 4.69) is 43.5 Å². The van der Waals surface area contributed by atoms with Crippen LogP contribution in [0.25, 0.3) is 10.9 Å². The van der Waals surface area contributed by atoms with Crippen LogP contribution in [-0.4, -0.2) is 4.98 Å². The smallest absolute Gasteiger partial charge is 0.0865 e. The Morgan fingerprint density at radius 3 is 3.00 bits per heavy atom. The van der Waals surface area contributed by atoms with Crippen molar-refractivity contribution >= 4 is 55.1 Å². The van der Waals surface area contributed by atoms with Crippen molar-refractivity contribution < 1.29 is 0 Å². The second kappa shape index (κ2) is 3.42. The number of nitrogens with two attached hydrogens (primary N) is 1. The van der Waals surface area contributed by atoms with Crippen molar-refractivity contribution in [3.8, 4) is 0 Å². The number of fused-ring (bicyclic) bond motifs is 1. The number of nitrogens with zero attached hydrogens (tertiary/aromatic N) is 1. The van der Waals surface area contributed by atoms with Crippen LogP contribution >= 0.6 is 38.5 Å². The quantitative estimate of drug-likeness (QED) is 0.586. The maximum Gasteiger partial charge on any atom is 0.0865 e. The molecule has 2 rings (SSSR count). The number of aromatic nitrogens is 1. The van der Waals surface area contributed by atoms with E-state index in [1.807, 2.05) is 18.2 Å². The Labute approximate surface area is 97.8 Å². The minimum absolute atomic E-state index is 0.798. The highest BCUT2D eigenvalue weighted by atomic mass is 127. The first-order valence-corrected chi connectivity index (χ1v) is 5.55. The molecule has 1 heterocycles. The van der Waals surface area contributed by atoms with Gasteiger partial charge in [-0.1, -0.05) is 0 Å². The Bertz CT molecular complexity index is 470. The first kappa shape index (κ1) is 9.21. The van der Waals surface area contributed by atoms with Gasteiger partial charge in [-0.2, -0.15) is 0 Å². The molecule has 0 radical (unpaired) electrons. The zero-order valence-electron chi connectivity index (χ0n) is 6.59. The number of nitrogen functional groups attached to an aromatic ring is 1. The monoisotopic (exact) mass is 348 g/mol. The van der Waals surface area contributed by atoms with Crippen LogP contribution in [0.5, 0.6) is 0 Å². The van der Waals surface area contributed by atoms with Gasteiger partial charge in [0.25, 0.3) is 0 Å². The molecule has 0 saturated heterocycles. The summed E-state index contributed by atoms with van der Waals surface area (Å²) >= 11 is 5.67. The standard InChI is InChI=1S/C9H6BrIN2/c10-6-4-7(11)8(12)5-2-1-3-13-9(5)6/h1-4H,12H2. The van der Waals surface area contributed by atoms with Gasteiger partial charge in [0.2, 0.25) is 0 Å². The second-order valence-electron chi connectivity index (χ2n) is 2.65. The van der Waals surface area contributed by atoms with Crippen LogP contribution in [0, 0.1) is 3.57 Å². The third-order valence-corrected chi connectivity index (χ3v) is 3.33. The van der Waals surface area contributed by atoms with Crippen molar-refractivity contribution in [2.24, 2.45) is 0 Å². The van der Waals surface area contributed by atoms with Gasteiger partial charge < -0.3 is 5.73 Å². The summed E-state index contributed by atoms with van der Waals surface area (Å²) in [6, 6.07) is 5.84. The van der Waals surface area contributed by atoms with Crippen LogP contribution in [0.3, 0.4) is 0 Å². The molecule has 2 aromatic rings. The molecule has 1 aromatic heterocycles. The van der Waals surface area contributed by atoms with E-state index in [-0.39, 0.29) is 0 Å². The summed E-state index contributed by atoms with van der Waals surface area (Å²) in [7, 11) is 0. The molecule has 4 heteroatoms. The minimum Gasteiger partial charge on any atom is -0.397 e. The van der Waals surface area contributed by atoms with Gasteiger partial charge in [-0.3, -0.25) is 4.98 Å². The van der Waals surface area contributed by atoms with Gasteiger partial charge in [-0.05, 0) is 56.7 Å². The fourth-order valence-corrected chi connectivity index (χ4v) is 2.77. The summed E-state index contributed by atoms with van der Waals surface area (Å²) in [4.78, 5) is 4.25. The van der Waals surface area contributed by atoms with Crippen LogP contribution in [0.15, 0.2) is 28.9 Å². The SMILES string of the molecule is Nc1c(I)cc(Br)c2ncccc12. The molecule has 0 amide bonds. The molecular formula is C9H6BrIN2. The average Bonchev–Trinajstić information content (AvgIpc) is 2.15. The van der Waals surface area contributed by atoms with Gasteiger partial charge in [0.1, 0.15) is 0 Å². The molecule has 0 bridgehead atoms. The molecule has 1 aromatic carbocycles. The highest BCUT2D eigenvalue weighted by Crippen LogP contribution is 2.30. The number of pyridine rings is 1. The van der Waals surface area contributed by atoms with Gasteiger partial charge >= 0.3 is 0 Å². The van der Waals surface area contributed by atoms with Crippen molar-refractivity contribution in [1.82, 2.24) is 4.98 Å². The molecule has 0 fully saturated rings. The van der Waals surface area contributed by atoms with E-state index in [1.165, 1.54) is 0 Å². The van der Waals surface area contributed by atoms with E-state index in [1.54, 1.807) is 6.20 Å². The van der Waals surface area contributed by atoms with Crippen LogP contribution in [0.1, 0.15) is 0 Å². The molecule has 0 unspecified atom stereocenters. The largest absolute Gasteiger partial charge is 0.397 e. The highest BCUT2D eigenvalue weighted by molar-refractivity contribution is 14.1. The molecule has 2 N–H and O–H groups in total. The lowest BCUT2D eigenvalue weighted by molar-refractivity contribution is 1.40. The van der Waals surface area contributed by atoms with E-state index in [4.69, 9.17) is 5.73 Å². The van der Waals surface area contributed by atoms with Crippen LogP contribution < -0.4 is 5.73 Å². The zero-order chi connectivity index (χ0) is 9.42. The molecule has 2 nitrogen and oxygen atoms in total. The fourth-order valence-electron chi connectivity index (χ4n) is 1.20. The van der Waals surface area contributed by atoms with Gasteiger partial charge in [0, 0.05) is 19.6 Å². The van der Waals surface area contributed by atoms with Crippen molar-refractivity contribution in [2.75, 3.05) is 5.73 Å². The number of anilines is 1. The first-order valence-electron chi connectivity index (χ1n) is 3.68. The van der Waals surface area contributed by atoms with Gasteiger partial charge in [-0.25, -0.2) is 0 Å². The fraction of sp³-hybridized carbons (Fsp3) is 0. The minimum atomic E-state index is 0.798. The predicted octanol–water partition coefficient (Wildman–Crippen LogP) is 3.18. The van der Waals surface area contributed by atoms with Crippen molar-refractivity contribution in [3.05, 3.63) is 32.4 Å². The molecule has 66 valence electrons. The van der Waals surface area contributed by atoms with E-state index in [0.29, 0.717) is 0 Å². The van der Waals surface area contributed by atoms with Crippen LogP contribution in [0.2, 0.25) is 0 Å². The molecule has 13 heavy (non-hydrogen) atoms. The van der Waals surface area contributed by atoms with E-state index < -0.39 is 0 Å². The summed E-state index contributed by atoms with van der Waals surface area (Å²) in [6.07, 6.45) is 1.76. The third kappa shape index (κ3) is 1.52. The molecular weight excluding hydrogens is 343 g/mol. The number of hydrogen-bond acceptors (Lipinski definition) is 2. The van der Waals surface area contributed by atoms with Crippen LogP contribution in [-0.2, 0) is 0 Å². The van der Waals surface area contributed by atoms with E-state index in [9.17, 15) is 0 Å². The van der Waals surface area contributed by atoms with E-state index in [0.717, 1.165) is 24.6 Å². The Hall–Kier alpha value is -0.360. The topological polar surface area (TPSA) is 38.9 Å². The van der Waals surface area contributed by atoms with Gasteiger partial charge in [-0.15, -0.1) is 0 Å². The van der Waals surface area contributed by atoms with Crippen molar-refractivity contribution in [3.63, 3.8) is 0 Å². The summed E-state index contributed by atoms with van der Waals surface area (Å²) < 4.78 is 2.03. The Kier molecular flexibility index (Phi) is 2.42. The molecule has 0 aliphatic heterocycles. The average molecular weight is 349 g/mol. The second-order valence-corrected chi connectivity index (χ2v) is 4.67. The highest BCUT2D eigenvalue weighted by Gasteiger charge is 2.06. The number of hydrogen-bond donors (Lipinski definition) is 1. The summed E-state index contributed by atoms with van der Waals surface area (Å²) in [6.45, 7) is 0. The zero-order valence-corrected chi connectivity index (χ0v) is 10.3. The maximum atomic E-state index is 5.92. The summed E-state index contributed by atoms with van der Waals surface area (Å²) in [5, 5.41) is 1.00. The first-order chi connectivity index (χ1) is 6.20. The van der Waals surface area contributed by atoms with Crippen LogP contribution in [0.4, 0.5) is 5.69 Å². The van der Waals surface area contributed by atoms with E-state index >= 15 is 0 Å². The number of benzene rings is 1. The number of halogens is 2. The molecule has 0 saturated carbocycles. The van der Waals surface area contributed by atoms with Gasteiger partial charge in [0.05, 0.1) is 11.2 Å². The third-order valence-electron chi connectivity index (χ3n) is 1.83. The lowest BCUT2D eigenvalue weighted by atomic mass is 10.2. The molecule has 0 atom stereocenters. The lowest BCUT2D eigenvalue weighted by Gasteiger charge is -2.05. The molecule has 0 spiro atoms. The van der Waals surface area contributed by atoms with Crippen molar-refractivity contribution in [1.29, 1.82) is 0 Å². The lowest BCUT2D eigenvalue weighted by Crippen LogP contribution is -1.92. The maximum absolute atomic E-state index is 5.92.